The molecule has 0 unspecified atom stereocenters. The van der Waals surface area contributed by atoms with Gasteiger partial charge >= 0.3 is 6.03 Å². The molecule has 0 aliphatic rings. The molecule has 0 bridgehead atoms. The maximum Gasteiger partial charge on any atom is 0.320 e. The summed E-state index contributed by atoms with van der Waals surface area (Å²) in [6.07, 6.45) is 6.77. The molecule has 25 heavy (non-hydrogen) atoms. The molecular weight excluding hydrogens is 318 g/mol. The van der Waals surface area contributed by atoms with Crippen molar-refractivity contribution in [3.8, 4) is 5.75 Å². The van der Waals surface area contributed by atoms with E-state index < -0.39 is 6.04 Å². The third-order valence-electron chi connectivity index (χ3n) is 3.74. The number of pyridine rings is 1. The van der Waals surface area contributed by atoms with Gasteiger partial charge in [0, 0.05) is 25.6 Å². The third kappa shape index (κ3) is 3.95. The summed E-state index contributed by atoms with van der Waals surface area (Å²) in [5.74, 6) is 1.43. The quantitative estimate of drug-likeness (QED) is 0.750. The Morgan fingerprint density at radius 3 is 2.80 bits per heavy atom. The van der Waals surface area contributed by atoms with E-state index in [0.717, 1.165) is 11.4 Å². The summed E-state index contributed by atoms with van der Waals surface area (Å²) in [5, 5.41) is 5.73. The monoisotopic (exact) mass is 337 g/mol. The molecule has 0 radical (unpaired) electrons. The molecule has 2 amide bonds. The Balaban J connectivity index is 1.86. The van der Waals surface area contributed by atoms with E-state index in [2.05, 4.69) is 20.6 Å². The second kappa shape index (κ2) is 7.48. The zero-order chi connectivity index (χ0) is 17.6. The minimum atomic E-state index is -0.424. The van der Waals surface area contributed by atoms with Crippen LogP contribution in [0.15, 0.2) is 61.2 Å². The van der Waals surface area contributed by atoms with Crippen molar-refractivity contribution in [3.63, 3.8) is 0 Å². The highest BCUT2D eigenvalue weighted by Crippen LogP contribution is 2.24. The minimum Gasteiger partial charge on any atom is -0.497 e. The smallest absolute Gasteiger partial charge is 0.320 e. The summed E-state index contributed by atoms with van der Waals surface area (Å²) >= 11 is 0. The zero-order valence-electron chi connectivity index (χ0n) is 14.0. The van der Waals surface area contributed by atoms with Crippen LogP contribution in [0.2, 0.25) is 0 Å². The molecule has 2 aromatic heterocycles. The standard InChI is InChI=1S/C18H19N5O2/c1-23-10-9-20-17(23)16(13-5-3-7-15(11-13)25-2)22-18(24)21-14-6-4-8-19-12-14/h3-12,16H,1-2H3,(H2,21,22,24)/t16-/m0/s1. The van der Waals surface area contributed by atoms with E-state index in [1.54, 1.807) is 37.8 Å². The van der Waals surface area contributed by atoms with Crippen molar-refractivity contribution in [2.24, 2.45) is 7.05 Å². The summed E-state index contributed by atoms with van der Waals surface area (Å²) in [6.45, 7) is 0. The normalized spacial score (nSPS) is 11.6. The number of hydrogen-bond acceptors (Lipinski definition) is 4. The molecule has 7 heteroatoms. The number of carbonyl (C=O) groups excluding carboxylic acids is 1. The van der Waals surface area contributed by atoms with Crippen LogP contribution in [0.5, 0.6) is 5.75 Å². The van der Waals surface area contributed by atoms with Gasteiger partial charge in [-0.25, -0.2) is 9.78 Å². The summed E-state index contributed by atoms with van der Waals surface area (Å²) < 4.78 is 7.16. The summed E-state index contributed by atoms with van der Waals surface area (Å²) in [6, 6.07) is 10.3. The van der Waals surface area contributed by atoms with E-state index >= 15 is 0 Å². The van der Waals surface area contributed by atoms with Crippen LogP contribution in [-0.4, -0.2) is 27.7 Å². The maximum atomic E-state index is 12.4. The first-order valence-electron chi connectivity index (χ1n) is 7.76. The number of hydrogen-bond donors (Lipinski definition) is 2. The maximum absolute atomic E-state index is 12.4. The van der Waals surface area contributed by atoms with Crippen LogP contribution >= 0.6 is 0 Å². The molecule has 0 aliphatic carbocycles. The first-order chi connectivity index (χ1) is 12.2. The Morgan fingerprint density at radius 2 is 2.12 bits per heavy atom. The second-order valence-corrected chi connectivity index (χ2v) is 5.45. The van der Waals surface area contributed by atoms with E-state index in [1.807, 2.05) is 42.1 Å². The summed E-state index contributed by atoms with van der Waals surface area (Å²) in [4.78, 5) is 20.8. The predicted octanol–water partition coefficient (Wildman–Crippen LogP) is 2.73. The number of imidazole rings is 1. The van der Waals surface area contributed by atoms with Gasteiger partial charge in [-0.1, -0.05) is 12.1 Å². The molecule has 3 rings (SSSR count). The van der Waals surface area contributed by atoms with Gasteiger partial charge in [-0.15, -0.1) is 0 Å². The number of benzene rings is 1. The number of urea groups is 1. The number of methoxy groups -OCH3 is 1. The van der Waals surface area contributed by atoms with Crippen molar-refractivity contribution in [2.45, 2.75) is 6.04 Å². The van der Waals surface area contributed by atoms with Crippen molar-refractivity contribution in [2.75, 3.05) is 12.4 Å². The van der Waals surface area contributed by atoms with E-state index in [9.17, 15) is 4.79 Å². The molecule has 0 fully saturated rings. The molecule has 1 aromatic carbocycles. The van der Waals surface area contributed by atoms with Gasteiger partial charge < -0.3 is 19.9 Å². The number of carbonyl (C=O) groups is 1. The first-order valence-corrected chi connectivity index (χ1v) is 7.76. The Labute approximate surface area is 145 Å². The molecule has 2 N–H and O–H groups in total. The third-order valence-corrected chi connectivity index (χ3v) is 3.74. The first kappa shape index (κ1) is 16.5. The number of rotatable bonds is 5. The number of nitrogens with one attached hydrogen (secondary N) is 2. The highest BCUT2D eigenvalue weighted by Gasteiger charge is 2.21. The Hall–Kier alpha value is -3.35. The van der Waals surface area contributed by atoms with Gasteiger partial charge in [-0.05, 0) is 29.8 Å². The molecule has 7 nitrogen and oxygen atoms in total. The lowest BCUT2D eigenvalue weighted by molar-refractivity contribution is 0.249. The zero-order valence-corrected chi connectivity index (χ0v) is 14.0. The SMILES string of the molecule is COc1cccc([C@H](NC(=O)Nc2cccnc2)c2nccn2C)c1. The van der Waals surface area contributed by atoms with Crippen LogP contribution in [0.4, 0.5) is 10.5 Å². The van der Waals surface area contributed by atoms with Crippen molar-refractivity contribution < 1.29 is 9.53 Å². The van der Waals surface area contributed by atoms with Crippen LogP contribution in [0.3, 0.4) is 0 Å². The molecule has 0 aliphatic heterocycles. The largest absolute Gasteiger partial charge is 0.497 e. The van der Waals surface area contributed by atoms with Crippen LogP contribution in [0.25, 0.3) is 0 Å². The summed E-state index contributed by atoms with van der Waals surface area (Å²) in [5.41, 5.74) is 1.49. The highest BCUT2D eigenvalue weighted by molar-refractivity contribution is 5.89. The van der Waals surface area contributed by atoms with E-state index in [0.29, 0.717) is 11.4 Å². The minimum absolute atomic E-state index is 0.344. The van der Waals surface area contributed by atoms with Crippen molar-refractivity contribution in [1.29, 1.82) is 0 Å². The fourth-order valence-electron chi connectivity index (χ4n) is 2.51. The van der Waals surface area contributed by atoms with Gasteiger partial charge in [0.05, 0.1) is 19.0 Å². The Kier molecular flexibility index (Phi) is 4.94. The molecule has 0 spiro atoms. The molecule has 128 valence electrons. The second-order valence-electron chi connectivity index (χ2n) is 5.45. The van der Waals surface area contributed by atoms with E-state index in [1.165, 1.54) is 0 Å². The molecule has 0 saturated heterocycles. The topological polar surface area (TPSA) is 81.1 Å². The molecule has 3 aromatic rings. The van der Waals surface area contributed by atoms with Crippen LogP contribution in [0, 0.1) is 0 Å². The number of aryl methyl sites for hydroxylation is 1. The van der Waals surface area contributed by atoms with Crippen LogP contribution in [0.1, 0.15) is 17.4 Å². The Morgan fingerprint density at radius 1 is 1.24 bits per heavy atom. The van der Waals surface area contributed by atoms with Crippen molar-refractivity contribution in [1.82, 2.24) is 19.9 Å². The van der Waals surface area contributed by atoms with E-state index in [-0.39, 0.29) is 6.03 Å². The number of amides is 2. The molecule has 0 saturated carbocycles. The molecule has 2 heterocycles. The lowest BCUT2D eigenvalue weighted by atomic mass is 10.1. The fourth-order valence-corrected chi connectivity index (χ4v) is 2.51. The molecular formula is C18H19N5O2. The van der Waals surface area contributed by atoms with E-state index in [4.69, 9.17) is 4.74 Å². The summed E-state index contributed by atoms with van der Waals surface area (Å²) in [7, 11) is 3.49. The lowest BCUT2D eigenvalue weighted by Gasteiger charge is -2.20. The van der Waals surface area contributed by atoms with Gasteiger partial charge in [-0.2, -0.15) is 0 Å². The lowest BCUT2D eigenvalue weighted by Crippen LogP contribution is -2.34. The van der Waals surface area contributed by atoms with Crippen molar-refractivity contribution in [3.05, 3.63) is 72.6 Å². The number of anilines is 1. The number of nitrogens with zero attached hydrogens (tertiary/aromatic N) is 3. The van der Waals surface area contributed by atoms with Gasteiger partial charge in [0.1, 0.15) is 17.6 Å². The average Bonchev–Trinajstić information content (AvgIpc) is 3.06. The average molecular weight is 337 g/mol. The number of aromatic nitrogens is 3. The van der Waals surface area contributed by atoms with Gasteiger partial charge in [0.2, 0.25) is 0 Å². The fraction of sp³-hybridized carbons (Fsp3) is 0.167. The van der Waals surface area contributed by atoms with Gasteiger partial charge in [0.15, 0.2) is 0 Å². The van der Waals surface area contributed by atoms with Crippen molar-refractivity contribution >= 4 is 11.7 Å². The molecule has 1 atom stereocenters. The van der Waals surface area contributed by atoms with Crippen LogP contribution < -0.4 is 15.4 Å². The Bertz CT molecular complexity index is 847. The highest BCUT2D eigenvalue weighted by atomic mass is 16.5. The van der Waals surface area contributed by atoms with Gasteiger partial charge in [-0.3, -0.25) is 4.98 Å². The van der Waals surface area contributed by atoms with Crippen LogP contribution in [-0.2, 0) is 7.05 Å². The number of ether oxygens (including phenoxy) is 1. The van der Waals surface area contributed by atoms with Gasteiger partial charge in [0.25, 0.3) is 0 Å². The predicted molar refractivity (Wildman–Crippen MR) is 94.4 cm³/mol.